The fourth-order valence-electron chi connectivity index (χ4n) is 3.16. The van der Waals surface area contributed by atoms with E-state index in [1.807, 2.05) is 44.2 Å². The van der Waals surface area contributed by atoms with E-state index in [2.05, 4.69) is 0 Å². The second-order valence-corrected chi connectivity index (χ2v) is 5.23. The molecule has 2 fully saturated rings. The van der Waals surface area contributed by atoms with Crippen molar-refractivity contribution < 1.29 is 14.3 Å². The predicted octanol–water partition coefficient (Wildman–Crippen LogP) is 2.16. The van der Waals surface area contributed by atoms with E-state index in [1.54, 1.807) is 12.1 Å². The third-order valence-electron chi connectivity index (χ3n) is 4.03. The van der Waals surface area contributed by atoms with Crippen LogP contribution in [0.2, 0.25) is 0 Å². The summed E-state index contributed by atoms with van der Waals surface area (Å²) in [6.07, 6.45) is 3.19. The summed E-state index contributed by atoms with van der Waals surface area (Å²) in [6, 6.07) is 9.09. The van der Waals surface area contributed by atoms with Crippen LogP contribution in [0.3, 0.4) is 0 Å². The van der Waals surface area contributed by atoms with Gasteiger partial charge in [-0.25, -0.2) is 4.90 Å². The van der Waals surface area contributed by atoms with Crippen molar-refractivity contribution in [3.05, 3.63) is 42.5 Å². The van der Waals surface area contributed by atoms with Crippen molar-refractivity contribution in [2.24, 2.45) is 11.8 Å². The lowest BCUT2D eigenvalue weighted by molar-refractivity contribution is -0.125. The highest BCUT2D eigenvalue weighted by Crippen LogP contribution is 2.42. The van der Waals surface area contributed by atoms with E-state index >= 15 is 0 Å². The third-order valence-corrected chi connectivity index (χ3v) is 4.03. The largest absolute Gasteiger partial charge is 0.369 e. The molecule has 3 rings (SSSR count). The molecule has 0 radical (unpaired) electrons. The van der Waals surface area contributed by atoms with Crippen molar-refractivity contribution in [1.82, 2.24) is 0 Å². The van der Waals surface area contributed by atoms with E-state index < -0.39 is 5.92 Å². The molecule has 0 bridgehead atoms. The molecule has 0 spiro atoms. The first-order valence-electron chi connectivity index (χ1n) is 6.86. The molecule has 0 N–H and O–H groups in total. The second kappa shape index (κ2) is 4.87. The zero-order valence-electron chi connectivity index (χ0n) is 11.5. The minimum Gasteiger partial charge on any atom is -0.369 e. The van der Waals surface area contributed by atoms with Gasteiger partial charge in [0.2, 0.25) is 11.8 Å². The number of carbonyl (C=O) groups excluding carboxylic acids is 2. The van der Waals surface area contributed by atoms with Crippen LogP contribution < -0.4 is 4.90 Å². The normalized spacial score (nSPS) is 33.2. The minimum atomic E-state index is -0.395. The zero-order valence-corrected chi connectivity index (χ0v) is 11.5. The van der Waals surface area contributed by atoms with Gasteiger partial charge < -0.3 is 4.74 Å². The summed E-state index contributed by atoms with van der Waals surface area (Å²) >= 11 is 0. The molecule has 2 aliphatic heterocycles. The van der Waals surface area contributed by atoms with E-state index in [9.17, 15) is 9.59 Å². The van der Waals surface area contributed by atoms with Crippen LogP contribution in [0.1, 0.15) is 13.8 Å². The fraction of sp³-hybridized carbons (Fsp3) is 0.375. The number of allylic oxidation sites excluding steroid dienone is 1. The van der Waals surface area contributed by atoms with Crippen molar-refractivity contribution in [2.75, 3.05) is 4.90 Å². The summed E-state index contributed by atoms with van der Waals surface area (Å²) in [5.74, 6) is -1.07. The van der Waals surface area contributed by atoms with Gasteiger partial charge in [-0.15, -0.1) is 0 Å². The van der Waals surface area contributed by atoms with E-state index in [0.717, 1.165) is 0 Å². The highest BCUT2D eigenvalue weighted by atomic mass is 16.5. The number of ether oxygens (including phenoxy) is 1. The number of para-hydroxylation sites is 1. The Balaban J connectivity index is 1.99. The van der Waals surface area contributed by atoms with Gasteiger partial charge in [-0.1, -0.05) is 30.4 Å². The van der Waals surface area contributed by atoms with Gasteiger partial charge in [-0.2, -0.15) is 0 Å². The van der Waals surface area contributed by atoms with E-state index in [0.29, 0.717) is 5.69 Å². The van der Waals surface area contributed by atoms with E-state index in [-0.39, 0.29) is 29.9 Å². The summed E-state index contributed by atoms with van der Waals surface area (Å²) in [5.41, 5.74) is 0.642. The summed E-state index contributed by atoms with van der Waals surface area (Å²) < 4.78 is 5.74. The monoisotopic (exact) mass is 271 g/mol. The lowest BCUT2D eigenvalue weighted by atomic mass is 9.90. The molecule has 4 heteroatoms. The number of fused-ring (bicyclic) bond motifs is 1. The summed E-state index contributed by atoms with van der Waals surface area (Å²) in [4.78, 5) is 26.5. The van der Waals surface area contributed by atoms with Crippen molar-refractivity contribution in [2.45, 2.75) is 26.1 Å². The molecule has 4 unspecified atom stereocenters. The van der Waals surface area contributed by atoms with Crippen LogP contribution in [-0.4, -0.2) is 24.0 Å². The Morgan fingerprint density at radius 1 is 1.10 bits per heavy atom. The highest BCUT2D eigenvalue weighted by Gasteiger charge is 2.58. The van der Waals surface area contributed by atoms with Gasteiger partial charge in [0.05, 0.1) is 29.7 Å². The number of hydrogen-bond donors (Lipinski definition) is 0. The van der Waals surface area contributed by atoms with Gasteiger partial charge in [0.1, 0.15) is 0 Å². The van der Waals surface area contributed by atoms with Crippen molar-refractivity contribution in [1.29, 1.82) is 0 Å². The molecule has 0 aromatic heterocycles. The number of nitrogens with zero attached hydrogens (tertiary/aromatic N) is 1. The first kappa shape index (κ1) is 13.1. The van der Waals surface area contributed by atoms with Crippen LogP contribution in [0.4, 0.5) is 5.69 Å². The van der Waals surface area contributed by atoms with Crippen LogP contribution in [0.5, 0.6) is 0 Å². The molecule has 0 aliphatic carbocycles. The predicted molar refractivity (Wildman–Crippen MR) is 75.1 cm³/mol. The molecule has 4 atom stereocenters. The number of hydrogen-bond acceptors (Lipinski definition) is 3. The van der Waals surface area contributed by atoms with Crippen molar-refractivity contribution >= 4 is 17.5 Å². The Bertz CT molecular complexity index is 566. The molecule has 1 aromatic rings. The zero-order chi connectivity index (χ0) is 14.3. The maximum absolute atomic E-state index is 12.6. The summed E-state index contributed by atoms with van der Waals surface area (Å²) in [7, 11) is 0. The lowest BCUT2D eigenvalue weighted by Gasteiger charge is -2.19. The van der Waals surface area contributed by atoms with Gasteiger partial charge in [-0.05, 0) is 26.0 Å². The van der Waals surface area contributed by atoms with Crippen molar-refractivity contribution in [3.8, 4) is 0 Å². The number of rotatable bonds is 2. The molecule has 2 heterocycles. The number of imide groups is 1. The highest BCUT2D eigenvalue weighted by molar-refractivity contribution is 6.22. The average Bonchev–Trinajstić information content (AvgIpc) is 2.89. The Morgan fingerprint density at radius 2 is 1.75 bits per heavy atom. The Labute approximate surface area is 118 Å². The maximum Gasteiger partial charge on any atom is 0.240 e. The van der Waals surface area contributed by atoms with Crippen molar-refractivity contribution in [3.63, 3.8) is 0 Å². The van der Waals surface area contributed by atoms with Crippen LogP contribution in [0, 0.1) is 11.8 Å². The maximum atomic E-state index is 12.6. The molecule has 104 valence electrons. The molecule has 2 amide bonds. The lowest BCUT2D eigenvalue weighted by Crippen LogP contribution is -2.35. The SMILES string of the molecule is C/C=C\C1OC(C)C2C(=O)N(c3ccccc3)C(=O)C12. The number of amides is 2. The molecule has 2 saturated heterocycles. The van der Waals surface area contributed by atoms with Crippen LogP contribution >= 0.6 is 0 Å². The van der Waals surface area contributed by atoms with E-state index in [4.69, 9.17) is 4.74 Å². The quantitative estimate of drug-likeness (QED) is 0.611. The molecular weight excluding hydrogens is 254 g/mol. The Kier molecular flexibility index (Phi) is 3.18. The fourth-order valence-corrected chi connectivity index (χ4v) is 3.16. The third kappa shape index (κ3) is 1.79. The molecule has 0 saturated carbocycles. The van der Waals surface area contributed by atoms with Gasteiger partial charge in [-0.3, -0.25) is 9.59 Å². The molecule has 1 aromatic carbocycles. The van der Waals surface area contributed by atoms with E-state index in [1.165, 1.54) is 4.90 Å². The molecular formula is C16H17NO3. The average molecular weight is 271 g/mol. The van der Waals surface area contributed by atoms with Gasteiger partial charge in [0.15, 0.2) is 0 Å². The van der Waals surface area contributed by atoms with Crippen LogP contribution in [0.15, 0.2) is 42.5 Å². The molecule has 20 heavy (non-hydrogen) atoms. The number of anilines is 1. The number of carbonyl (C=O) groups is 2. The topological polar surface area (TPSA) is 46.6 Å². The van der Waals surface area contributed by atoms with Crippen LogP contribution in [-0.2, 0) is 14.3 Å². The smallest absolute Gasteiger partial charge is 0.240 e. The first-order chi connectivity index (χ1) is 9.65. The first-order valence-corrected chi connectivity index (χ1v) is 6.86. The van der Waals surface area contributed by atoms with Gasteiger partial charge in [0.25, 0.3) is 0 Å². The van der Waals surface area contributed by atoms with Crippen LogP contribution in [0.25, 0.3) is 0 Å². The Hall–Kier alpha value is -1.94. The van der Waals surface area contributed by atoms with Gasteiger partial charge in [0, 0.05) is 0 Å². The Morgan fingerprint density at radius 3 is 2.40 bits per heavy atom. The van der Waals surface area contributed by atoms with Gasteiger partial charge >= 0.3 is 0 Å². The minimum absolute atomic E-state index is 0.147. The number of benzene rings is 1. The second-order valence-electron chi connectivity index (χ2n) is 5.23. The molecule has 4 nitrogen and oxygen atoms in total. The molecule has 2 aliphatic rings. The summed E-state index contributed by atoms with van der Waals surface area (Å²) in [6.45, 7) is 3.75. The standard InChI is InChI=1S/C16H17NO3/c1-3-7-12-14-13(10(2)20-12)15(18)17(16(14)19)11-8-5-4-6-9-11/h3-10,12-14H,1-2H3/b7-3-. The summed E-state index contributed by atoms with van der Waals surface area (Å²) in [5, 5.41) is 0.